The zero-order valence-electron chi connectivity index (χ0n) is 21.5. The van der Waals surface area contributed by atoms with Crippen LogP contribution in [0, 0.1) is 0 Å². The molecular formula is C31H29N7O. The van der Waals surface area contributed by atoms with Gasteiger partial charge in [0.1, 0.15) is 5.82 Å². The summed E-state index contributed by atoms with van der Waals surface area (Å²) >= 11 is 0. The van der Waals surface area contributed by atoms with Crippen LogP contribution in [0.1, 0.15) is 15.9 Å². The Labute approximate surface area is 227 Å². The standard InChI is InChI=1S/C31H29N7O/c32-26-5-1-4-25(17-26)31(39)35-27-9-6-23(7-10-27)24-8-11-28-29(18-24)36-30(20-34-28)38-15-13-37(14-16-38)21-22-3-2-12-33-19-22/h1-12,17-20H,13-16,21,32H2,(H,35,39). The molecule has 3 N–H and O–H groups in total. The number of carbonyl (C=O) groups excluding carboxylic acids is 1. The lowest BCUT2D eigenvalue weighted by atomic mass is 10.0. The molecule has 1 aliphatic heterocycles. The third-order valence-corrected chi connectivity index (χ3v) is 6.98. The van der Waals surface area contributed by atoms with E-state index in [1.807, 2.05) is 61.1 Å². The summed E-state index contributed by atoms with van der Waals surface area (Å²) in [6.45, 7) is 4.66. The number of aromatic nitrogens is 3. The van der Waals surface area contributed by atoms with Gasteiger partial charge >= 0.3 is 0 Å². The van der Waals surface area contributed by atoms with Crippen molar-refractivity contribution >= 4 is 34.1 Å². The molecule has 0 unspecified atom stereocenters. The molecule has 3 aromatic carbocycles. The van der Waals surface area contributed by atoms with E-state index in [-0.39, 0.29) is 5.91 Å². The fourth-order valence-electron chi connectivity index (χ4n) is 4.85. The molecule has 6 rings (SSSR count). The first-order valence-electron chi connectivity index (χ1n) is 13.0. The van der Waals surface area contributed by atoms with E-state index in [2.05, 4.69) is 37.2 Å². The van der Waals surface area contributed by atoms with Crippen molar-refractivity contribution in [3.05, 3.63) is 109 Å². The number of hydrogen-bond donors (Lipinski definition) is 2. The smallest absolute Gasteiger partial charge is 0.255 e. The van der Waals surface area contributed by atoms with Crippen LogP contribution in [0.2, 0.25) is 0 Å². The quantitative estimate of drug-likeness (QED) is 0.312. The summed E-state index contributed by atoms with van der Waals surface area (Å²) < 4.78 is 0. The van der Waals surface area contributed by atoms with Crippen molar-refractivity contribution in [3.8, 4) is 11.1 Å². The van der Waals surface area contributed by atoms with Crippen molar-refractivity contribution in [2.45, 2.75) is 6.54 Å². The molecular weight excluding hydrogens is 486 g/mol. The zero-order chi connectivity index (χ0) is 26.6. The second-order valence-electron chi connectivity index (χ2n) is 9.71. The van der Waals surface area contributed by atoms with Crippen LogP contribution in [-0.2, 0) is 6.54 Å². The molecule has 1 amide bonds. The van der Waals surface area contributed by atoms with Crippen molar-refractivity contribution in [1.29, 1.82) is 0 Å². The number of rotatable bonds is 6. The summed E-state index contributed by atoms with van der Waals surface area (Å²) in [6, 6.07) is 25.0. The first-order valence-corrected chi connectivity index (χ1v) is 13.0. The van der Waals surface area contributed by atoms with E-state index in [0.717, 1.165) is 66.4 Å². The minimum Gasteiger partial charge on any atom is -0.399 e. The monoisotopic (exact) mass is 515 g/mol. The molecule has 0 radical (unpaired) electrons. The summed E-state index contributed by atoms with van der Waals surface area (Å²) in [4.78, 5) is 31.1. The van der Waals surface area contributed by atoms with E-state index in [1.54, 1.807) is 24.3 Å². The Kier molecular flexibility index (Phi) is 6.84. The topological polar surface area (TPSA) is 100 Å². The van der Waals surface area contributed by atoms with Gasteiger partial charge in [-0.1, -0.05) is 30.3 Å². The van der Waals surface area contributed by atoms with Crippen molar-refractivity contribution in [2.24, 2.45) is 0 Å². The molecule has 8 nitrogen and oxygen atoms in total. The maximum absolute atomic E-state index is 12.5. The molecule has 194 valence electrons. The number of nitrogens with two attached hydrogens (primary N) is 1. The van der Waals surface area contributed by atoms with E-state index in [4.69, 9.17) is 10.7 Å². The van der Waals surface area contributed by atoms with Crippen molar-refractivity contribution in [2.75, 3.05) is 42.1 Å². The maximum Gasteiger partial charge on any atom is 0.255 e. The number of fused-ring (bicyclic) bond motifs is 1. The van der Waals surface area contributed by atoms with Crippen molar-refractivity contribution < 1.29 is 4.79 Å². The van der Waals surface area contributed by atoms with E-state index in [0.29, 0.717) is 11.3 Å². The number of nitrogens with one attached hydrogen (secondary N) is 1. The van der Waals surface area contributed by atoms with E-state index >= 15 is 0 Å². The van der Waals surface area contributed by atoms with Gasteiger partial charge in [0.25, 0.3) is 5.91 Å². The molecule has 2 aromatic heterocycles. The highest BCUT2D eigenvalue weighted by Crippen LogP contribution is 2.26. The van der Waals surface area contributed by atoms with Gasteiger partial charge in [-0.05, 0) is 65.2 Å². The Bertz CT molecular complexity index is 1600. The summed E-state index contributed by atoms with van der Waals surface area (Å²) in [5, 5.41) is 2.93. The average Bonchev–Trinajstić information content (AvgIpc) is 2.98. The first kappa shape index (κ1) is 24.5. The molecule has 8 heteroatoms. The van der Waals surface area contributed by atoms with E-state index in [9.17, 15) is 4.79 Å². The molecule has 1 saturated heterocycles. The van der Waals surface area contributed by atoms with Gasteiger partial charge < -0.3 is 16.0 Å². The molecule has 0 bridgehead atoms. The second kappa shape index (κ2) is 10.9. The van der Waals surface area contributed by atoms with Gasteiger partial charge in [0.15, 0.2) is 0 Å². The summed E-state index contributed by atoms with van der Waals surface area (Å²) in [7, 11) is 0. The predicted molar refractivity (Wildman–Crippen MR) is 156 cm³/mol. The summed E-state index contributed by atoms with van der Waals surface area (Å²) in [5.74, 6) is 0.710. The largest absolute Gasteiger partial charge is 0.399 e. The lowest BCUT2D eigenvalue weighted by Crippen LogP contribution is -2.46. The molecule has 0 spiro atoms. The predicted octanol–water partition coefficient (Wildman–Crippen LogP) is 4.85. The van der Waals surface area contributed by atoms with E-state index < -0.39 is 0 Å². The number of nitrogens with zero attached hydrogens (tertiary/aromatic N) is 5. The molecule has 3 heterocycles. The number of piperazine rings is 1. The van der Waals surface area contributed by atoms with Crippen LogP contribution in [0.4, 0.5) is 17.2 Å². The van der Waals surface area contributed by atoms with Gasteiger partial charge in [0.05, 0.1) is 17.2 Å². The molecule has 0 atom stereocenters. The zero-order valence-corrected chi connectivity index (χ0v) is 21.5. The first-order chi connectivity index (χ1) is 19.1. The Balaban J connectivity index is 1.13. The number of carbonyl (C=O) groups is 1. The van der Waals surface area contributed by atoms with Gasteiger partial charge in [-0.15, -0.1) is 0 Å². The highest BCUT2D eigenvalue weighted by Gasteiger charge is 2.19. The Morgan fingerprint density at radius 3 is 2.44 bits per heavy atom. The number of hydrogen-bond acceptors (Lipinski definition) is 7. The number of nitrogen functional groups attached to an aromatic ring is 1. The van der Waals surface area contributed by atoms with Crippen LogP contribution in [-0.4, -0.2) is 51.9 Å². The van der Waals surface area contributed by atoms with Gasteiger partial charge in [-0.3, -0.25) is 19.7 Å². The fourth-order valence-corrected chi connectivity index (χ4v) is 4.85. The van der Waals surface area contributed by atoms with Crippen LogP contribution in [0.5, 0.6) is 0 Å². The SMILES string of the molecule is Nc1cccc(C(=O)Nc2ccc(-c3ccc4ncc(N5CCN(Cc6cccnc6)CC5)nc4c3)cc2)c1. The minimum atomic E-state index is -0.193. The highest BCUT2D eigenvalue weighted by atomic mass is 16.1. The lowest BCUT2D eigenvalue weighted by Gasteiger charge is -2.35. The Morgan fingerprint density at radius 1 is 0.846 bits per heavy atom. The molecule has 0 aliphatic carbocycles. The lowest BCUT2D eigenvalue weighted by molar-refractivity contribution is 0.102. The van der Waals surface area contributed by atoms with Gasteiger partial charge in [-0.25, -0.2) is 4.98 Å². The average molecular weight is 516 g/mol. The normalized spacial score (nSPS) is 13.9. The number of pyridine rings is 1. The van der Waals surface area contributed by atoms with Crippen molar-refractivity contribution in [3.63, 3.8) is 0 Å². The molecule has 1 aliphatic rings. The Hall–Kier alpha value is -4.82. The van der Waals surface area contributed by atoms with Gasteiger partial charge in [-0.2, -0.15) is 0 Å². The molecule has 5 aromatic rings. The van der Waals surface area contributed by atoms with Crippen LogP contribution in [0.25, 0.3) is 22.2 Å². The summed E-state index contributed by atoms with van der Waals surface area (Å²) in [5.41, 5.74) is 12.7. The summed E-state index contributed by atoms with van der Waals surface area (Å²) in [6.07, 6.45) is 5.62. The van der Waals surface area contributed by atoms with Gasteiger partial charge in [0.2, 0.25) is 0 Å². The molecule has 39 heavy (non-hydrogen) atoms. The number of amides is 1. The van der Waals surface area contributed by atoms with Crippen LogP contribution < -0.4 is 16.0 Å². The highest BCUT2D eigenvalue weighted by molar-refractivity contribution is 6.04. The molecule has 1 fully saturated rings. The maximum atomic E-state index is 12.5. The van der Waals surface area contributed by atoms with Gasteiger partial charge in [0, 0.05) is 62.1 Å². The van der Waals surface area contributed by atoms with Crippen molar-refractivity contribution in [1.82, 2.24) is 19.9 Å². The third-order valence-electron chi connectivity index (χ3n) is 6.98. The minimum absolute atomic E-state index is 0.193. The second-order valence-corrected chi connectivity index (χ2v) is 9.71. The van der Waals surface area contributed by atoms with Crippen LogP contribution in [0.15, 0.2) is 97.5 Å². The third kappa shape index (κ3) is 5.71. The van der Waals surface area contributed by atoms with Crippen LogP contribution >= 0.6 is 0 Å². The number of anilines is 3. The fraction of sp³-hybridized carbons (Fsp3) is 0.161. The van der Waals surface area contributed by atoms with E-state index in [1.165, 1.54) is 5.56 Å². The number of benzene rings is 3. The van der Waals surface area contributed by atoms with Crippen LogP contribution in [0.3, 0.4) is 0 Å². The molecule has 0 saturated carbocycles. The Morgan fingerprint density at radius 2 is 1.67 bits per heavy atom.